The molecule has 128 valence electrons. The number of nitrogens with zero attached hydrogens (tertiary/aromatic N) is 3. The average molecular weight is 345 g/mol. The molecule has 2 saturated heterocycles. The number of amides is 1. The Hall–Kier alpha value is -1.66. The first-order chi connectivity index (χ1) is 11.5. The summed E-state index contributed by atoms with van der Waals surface area (Å²) in [6.45, 7) is 9.61. The van der Waals surface area contributed by atoms with E-state index in [1.165, 1.54) is 5.56 Å². The third-order valence-electron chi connectivity index (χ3n) is 5.81. The lowest BCUT2D eigenvalue weighted by atomic mass is 9.78. The number of rotatable bonds is 3. The fourth-order valence-corrected chi connectivity index (χ4v) is 4.94. The van der Waals surface area contributed by atoms with Gasteiger partial charge < -0.3 is 9.42 Å². The van der Waals surface area contributed by atoms with Crippen LogP contribution >= 0.6 is 11.3 Å². The molecule has 6 heteroatoms. The van der Waals surface area contributed by atoms with Gasteiger partial charge in [0.1, 0.15) is 5.76 Å². The molecule has 0 saturated carbocycles. The molecule has 2 aliphatic rings. The fourth-order valence-electron chi connectivity index (χ4n) is 4.30. The zero-order chi connectivity index (χ0) is 16.9. The first kappa shape index (κ1) is 15.8. The van der Waals surface area contributed by atoms with Gasteiger partial charge >= 0.3 is 0 Å². The van der Waals surface area contributed by atoms with E-state index in [0.29, 0.717) is 11.8 Å². The molecule has 0 bridgehead atoms. The van der Waals surface area contributed by atoms with Crippen LogP contribution in [-0.2, 0) is 11.3 Å². The summed E-state index contributed by atoms with van der Waals surface area (Å²) in [5.41, 5.74) is 2.94. The summed E-state index contributed by atoms with van der Waals surface area (Å²) in [7, 11) is 0. The van der Waals surface area contributed by atoms with E-state index in [2.05, 4.69) is 22.4 Å². The fraction of sp³-hybridized carbons (Fsp3) is 0.556. The van der Waals surface area contributed by atoms with Crippen LogP contribution in [0.5, 0.6) is 0 Å². The summed E-state index contributed by atoms with van der Waals surface area (Å²) < 4.78 is 5.29. The van der Waals surface area contributed by atoms with Crippen LogP contribution in [0, 0.1) is 25.2 Å². The number of aryl methyl sites for hydroxylation is 2. The Bertz CT molecular complexity index is 735. The molecule has 0 unspecified atom stereocenters. The summed E-state index contributed by atoms with van der Waals surface area (Å²) in [6, 6.07) is 2.04. The van der Waals surface area contributed by atoms with E-state index in [9.17, 15) is 4.79 Å². The Balaban J connectivity index is 1.54. The van der Waals surface area contributed by atoms with Crippen LogP contribution in [0.4, 0.5) is 5.69 Å². The lowest BCUT2D eigenvalue weighted by Crippen LogP contribution is -2.39. The van der Waals surface area contributed by atoms with Crippen LogP contribution in [0.25, 0.3) is 0 Å². The van der Waals surface area contributed by atoms with Gasteiger partial charge in [-0.25, -0.2) is 0 Å². The van der Waals surface area contributed by atoms with Gasteiger partial charge in [-0.05, 0) is 37.6 Å². The molecule has 0 radical (unpaired) electrons. The van der Waals surface area contributed by atoms with Crippen LogP contribution in [0.1, 0.15) is 30.4 Å². The summed E-state index contributed by atoms with van der Waals surface area (Å²) in [5, 5.41) is 8.16. The zero-order valence-electron chi connectivity index (χ0n) is 14.4. The Labute approximate surface area is 146 Å². The minimum Gasteiger partial charge on any atom is -0.361 e. The minimum atomic E-state index is -0.235. The van der Waals surface area contributed by atoms with Crippen molar-refractivity contribution in [3.63, 3.8) is 0 Å². The van der Waals surface area contributed by atoms with Crippen molar-refractivity contribution in [2.45, 2.75) is 33.7 Å². The normalized spacial score (nSPS) is 27.7. The maximum Gasteiger partial charge on any atom is 0.234 e. The van der Waals surface area contributed by atoms with E-state index in [0.717, 1.165) is 49.7 Å². The highest BCUT2D eigenvalue weighted by Gasteiger charge is 2.55. The van der Waals surface area contributed by atoms with Crippen LogP contribution in [-0.4, -0.2) is 35.6 Å². The van der Waals surface area contributed by atoms with Gasteiger partial charge in [-0.2, -0.15) is 11.3 Å². The summed E-state index contributed by atoms with van der Waals surface area (Å²) in [5.74, 6) is 1.56. The highest BCUT2D eigenvalue weighted by molar-refractivity contribution is 7.08. The molecule has 0 aliphatic carbocycles. The Morgan fingerprint density at radius 2 is 2.29 bits per heavy atom. The van der Waals surface area contributed by atoms with Crippen molar-refractivity contribution in [1.82, 2.24) is 10.1 Å². The highest BCUT2D eigenvalue weighted by atomic mass is 32.1. The Kier molecular flexibility index (Phi) is 3.77. The maximum absolute atomic E-state index is 13.2. The second-order valence-electron chi connectivity index (χ2n) is 7.22. The molecule has 4 heterocycles. The van der Waals surface area contributed by atoms with Gasteiger partial charge in [0.15, 0.2) is 0 Å². The second kappa shape index (κ2) is 5.70. The number of aromatic nitrogens is 1. The predicted octanol–water partition coefficient (Wildman–Crippen LogP) is 3.23. The van der Waals surface area contributed by atoms with Crippen molar-refractivity contribution in [1.29, 1.82) is 0 Å². The van der Waals surface area contributed by atoms with Crippen molar-refractivity contribution >= 4 is 22.9 Å². The van der Waals surface area contributed by atoms with E-state index >= 15 is 0 Å². The first-order valence-corrected chi connectivity index (χ1v) is 9.44. The molecule has 24 heavy (non-hydrogen) atoms. The molecular weight excluding hydrogens is 322 g/mol. The van der Waals surface area contributed by atoms with Crippen molar-refractivity contribution in [3.8, 4) is 0 Å². The number of likely N-dealkylation sites (tertiary alicyclic amines) is 1. The number of hydrogen-bond donors (Lipinski definition) is 0. The zero-order valence-corrected chi connectivity index (χ0v) is 15.2. The van der Waals surface area contributed by atoms with Gasteiger partial charge in [0.2, 0.25) is 5.91 Å². The first-order valence-electron chi connectivity index (χ1n) is 8.49. The average Bonchev–Trinajstić information content (AvgIpc) is 3.30. The quantitative estimate of drug-likeness (QED) is 0.857. The van der Waals surface area contributed by atoms with Crippen molar-refractivity contribution < 1.29 is 9.32 Å². The third-order valence-corrected chi connectivity index (χ3v) is 6.49. The molecule has 5 nitrogen and oxygen atoms in total. The van der Waals surface area contributed by atoms with Gasteiger partial charge in [-0.1, -0.05) is 12.1 Å². The number of carbonyl (C=O) groups excluding carboxylic acids is 1. The molecule has 2 aromatic rings. The van der Waals surface area contributed by atoms with E-state index in [-0.39, 0.29) is 5.41 Å². The van der Waals surface area contributed by atoms with Gasteiger partial charge in [0.25, 0.3) is 0 Å². The number of thiophene rings is 1. The predicted molar refractivity (Wildman–Crippen MR) is 94.1 cm³/mol. The summed E-state index contributed by atoms with van der Waals surface area (Å²) in [6.07, 6.45) is 0.945. The molecule has 4 rings (SSSR count). The maximum atomic E-state index is 13.2. The van der Waals surface area contributed by atoms with Crippen LogP contribution in [0.3, 0.4) is 0 Å². The summed E-state index contributed by atoms with van der Waals surface area (Å²) >= 11 is 1.65. The van der Waals surface area contributed by atoms with Crippen LogP contribution in [0.2, 0.25) is 0 Å². The van der Waals surface area contributed by atoms with E-state index < -0.39 is 0 Å². The molecule has 0 aromatic carbocycles. The SMILES string of the molecule is Cc1noc(C)c1CN1C[C@H](C)[C@]2(CCN(c3ccsc3)C2=O)C1. The van der Waals surface area contributed by atoms with Crippen molar-refractivity contribution in [2.75, 3.05) is 24.5 Å². The minimum absolute atomic E-state index is 0.235. The Morgan fingerprint density at radius 3 is 2.96 bits per heavy atom. The van der Waals surface area contributed by atoms with Crippen molar-refractivity contribution in [2.24, 2.45) is 11.3 Å². The third kappa shape index (κ3) is 2.31. The van der Waals surface area contributed by atoms with Crippen LogP contribution in [0.15, 0.2) is 21.3 Å². The Morgan fingerprint density at radius 1 is 1.46 bits per heavy atom. The van der Waals surface area contributed by atoms with E-state index in [4.69, 9.17) is 4.52 Å². The molecule has 2 fully saturated rings. The monoisotopic (exact) mass is 345 g/mol. The molecule has 2 aliphatic heterocycles. The molecule has 1 amide bonds. The topological polar surface area (TPSA) is 49.6 Å². The van der Waals surface area contributed by atoms with Gasteiger partial charge in [0.05, 0.1) is 16.8 Å². The largest absolute Gasteiger partial charge is 0.361 e. The molecular formula is C18H23N3O2S. The molecule has 2 atom stereocenters. The van der Waals surface area contributed by atoms with Crippen molar-refractivity contribution in [3.05, 3.63) is 33.8 Å². The van der Waals surface area contributed by atoms with Gasteiger partial charge in [-0.3, -0.25) is 9.69 Å². The van der Waals surface area contributed by atoms with Gasteiger partial charge in [-0.15, -0.1) is 0 Å². The summed E-state index contributed by atoms with van der Waals surface area (Å²) in [4.78, 5) is 17.6. The number of hydrogen-bond acceptors (Lipinski definition) is 5. The smallest absolute Gasteiger partial charge is 0.234 e. The molecule has 0 N–H and O–H groups in total. The van der Waals surface area contributed by atoms with Crippen LogP contribution < -0.4 is 4.90 Å². The van der Waals surface area contributed by atoms with E-state index in [1.807, 2.05) is 30.2 Å². The molecule has 2 aromatic heterocycles. The standard InChI is InChI=1S/C18H23N3O2S/c1-12-8-20(9-16-13(2)19-23-14(16)3)11-18(12)5-6-21(17(18)22)15-4-7-24-10-15/h4,7,10,12H,5-6,8-9,11H2,1-3H3/t12-,18-/m0/s1. The highest BCUT2D eigenvalue weighted by Crippen LogP contribution is 2.46. The second-order valence-corrected chi connectivity index (χ2v) is 8.00. The molecule has 1 spiro atoms. The number of carbonyl (C=O) groups is 1. The van der Waals surface area contributed by atoms with E-state index in [1.54, 1.807) is 11.3 Å². The lowest BCUT2D eigenvalue weighted by molar-refractivity contribution is -0.126. The number of anilines is 1. The lowest BCUT2D eigenvalue weighted by Gasteiger charge is -2.26. The van der Waals surface area contributed by atoms with Gasteiger partial charge in [0, 0.05) is 37.1 Å².